The van der Waals surface area contributed by atoms with Gasteiger partial charge in [-0.25, -0.2) is 0 Å². The summed E-state index contributed by atoms with van der Waals surface area (Å²) in [5, 5.41) is 0. The summed E-state index contributed by atoms with van der Waals surface area (Å²) < 4.78 is 16.0. The van der Waals surface area contributed by atoms with Crippen molar-refractivity contribution in [2.45, 2.75) is 26.3 Å². The van der Waals surface area contributed by atoms with E-state index in [9.17, 15) is 0 Å². The normalized spacial score (nSPS) is 15.8. The van der Waals surface area contributed by atoms with Crippen LogP contribution in [0.15, 0.2) is 12.1 Å². The molecule has 1 unspecified atom stereocenters. The summed E-state index contributed by atoms with van der Waals surface area (Å²) in [4.78, 5) is 0. The van der Waals surface area contributed by atoms with E-state index in [1.807, 2.05) is 12.1 Å². The molecule has 1 aromatic carbocycles. The zero-order valence-electron chi connectivity index (χ0n) is 10.9. The van der Waals surface area contributed by atoms with Crippen molar-refractivity contribution in [3.63, 3.8) is 0 Å². The predicted octanol–water partition coefficient (Wildman–Crippen LogP) is 2.89. The molecule has 0 radical (unpaired) electrons. The summed E-state index contributed by atoms with van der Waals surface area (Å²) >= 11 is 0. The minimum Gasteiger partial charge on any atom is -0.493 e. The summed E-state index contributed by atoms with van der Waals surface area (Å²) in [7, 11) is 1.62. The third-order valence-corrected chi connectivity index (χ3v) is 3.32. The number of ether oxygens (including phenoxy) is 3. The largest absolute Gasteiger partial charge is 0.493 e. The number of methoxy groups -OCH3 is 1. The van der Waals surface area contributed by atoms with Gasteiger partial charge in [0.05, 0.1) is 7.11 Å². The second kappa shape index (κ2) is 6.16. The van der Waals surface area contributed by atoms with Crippen LogP contribution in [-0.4, -0.2) is 13.9 Å². The van der Waals surface area contributed by atoms with E-state index in [2.05, 4.69) is 13.8 Å². The second-order valence-corrected chi connectivity index (χ2v) is 4.37. The van der Waals surface area contributed by atoms with Crippen LogP contribution in [0.1, 0.15) is 31.9 Å². The minimum atomic E-state index is -0.0107. The van der Waals surface area contributed by atoms with Crippen LogP contribution < -0.4 is 19.9 Å². The molecule has 0 amide bonds. The van der Waals surface area contributed by atoms with Crippen molar-refractivity contribution in [1.29, 1.82) is 0 Å². The Morgan fingerprint density at radius 2 is 2.11 bits per heavy atom. The number of fused-ring (bicyclic) bond motifs is 1. The smallest absolute Gasteiger partial charge is 0.231 e. The lowest BCUT2D eigenvalue weighted by molar-refractivity contribution is 0.171. The van der Waals surface area contributed by atoms with E-state index in [4.69, 9.17) is 19.9 Å². The first-order chi connectivity index (χ1) is 8.17. The Bertz CT molecular complexity index is 411. The molecule has 0 bridgehead atoms. The lowest BCUT2D eigenvalue weighted by Crippen LogP contribution is -2.18. The Labute approximate surface area is 114 Å². The fourth-order valence-corrected chi connectivity index (χ4v) is 1.92. The van der Waals surface area contributed by atoms with Crippen molar-refractivity contribution in [2.24, 2.45) is 11.7 Å². The minimum absolute atomic E-state index is 0. The molecule has 18 heavy (non-hydrogen) atoms. The van der Waals surface area contributed by atoms with Gasteiger partial charge in [-0.1, -0.05) is 20.3 Å². The van der Waals surface area contributed by atoms with Crippen molar-refractivity contribution in [2.75, 3.05) is 13.9 Å². The standard InChI is InChI=1S/C13H19NO3.ClH/c1-4-8(2)12(14)9-5-10(15-3)13-11(6-9)16-7-17-13;/h5-6,8,12H,4,7,14H2,1-3H3;1H/t8?,12-;/m1./s1. The van der Waals surface area contributed by atoms with E-state index in [0.29, 0.717) is 17.4 Å². The highest BCUT2D eigenvalue weighted by Gasteiger charge is 2.23. The summed E-state index contributed by atoms with van der Waals surface area (Å²) in [6, 6.07) is 3.87. The fourth-order valence-electron chi connectivity index (χ4n) is 1.92. The summed E-state index contributed by atoms with van der Waals surface area (Å²) in [6.45, 7) is 4.52. The van der Waals surface area contributed by atoms with Gasteiger partial charge in [0.1, 0.15) is 0 Å². The highest BCUT2D eigenvalue weighted by Crippen LogP contribution is 2.43. The SMILES string of the molecule is CCC(C)[C@@H](N)c1cc(OC)c2c(c1)OCO2.Cl. The number of hydrogen-bond acceptors (Lipinski definition) is 4. The maximum atomic E-state index is 6.21. The number of nitrogens with two attached hydrogens (primary N) is 1. The molecule has 2 N–H and O–H groups in total. The molecule has 0 saturated heterocycles. The monoisotopic (exact) mass is 273 g/mol. The summed E-state index contributed by atoms with van der Waals surface area (Å²) in [5.74, 6) is 2.50. The molecule has 0 fully saturated rings. The van der Waals surface area contributed by atoms with Gasteiger partial charge in [0.25, 0.3) is 0 Å². The van der Waals surface area contributed by atoms with Crippen molar-refractivity contribution in [3.05, 3.63) is 17.7 Å². The van der Waals surface area contributed by atoms with Crippen LogP contribution in [0.2, 0.25) is 0 Å². The van der Waals surface area contributed by atoms with Crippen molar-refractivity contribution in [3.8, 4) is 17.2 Å². The van der Waals surface area contributed by atoms with Gasteiger partial charge in [0.2, 0.25) is 12.5 Å². The lowest BCUT2D eigenvalue weighted by atomic mass is 9.93. The number of halogens is 1. The van der Waals surface area contributed by atoms with Gasteiger partial charge in [-0.15, -0.1) is 12.4 Å². The van der Waals surface area contributed by atoms with Crippen molar-refractivity contribution in [1.82, 2.24) is 0 Å². The molecule has 102 valence electrons. The molecule has 4 nitrogen and oxygen atoms in total. The Hall–Kier alpha value is -1.13. The zero-order chi connectivity index (χ0) is 12.4. The first-order valence-corrected chi connectivity index (χ1v) is 5.90. The number of benzene rings is 1. The van der Waals surface area contributed by atoms with Gasteiger partial charge in [0.15, 0.2) is 11.5 Å². The number of hydrogen-bond donors (Lipinski definition) is 1. The molecule has 0 spiro atoms. The Morgan fingerprint density at radius 3 is 2.72 bits per heavy atom. The zero-order valence-corrected chi connectivity index (χ0v) is 11.8. The molecule has 0 saturated carbocycles. The molecule has 1 aliphatic rings. The van der Waals surface area contributed by atoms with Crippen molar-refractivity contribution < 1.29 is 14.2 Å². The predicted molar refractivity (Wildman–Crippen MR) is 72.7 cm³/mol. The van der Waals surface area contributed by atoms with Gasteiger partial charge in [0, 0.05) is 6.04 Å². The van der Waals surface area contributed by atoms with E-state index < -0.39 is 0 Å². The highest BCUT2D eigenvalue weighted by molar-refractivity contribution is 5.85. The van der Waals surface area contributed by atoms with Gasteiger partial charge in [-0.05, 0) is 23.6 Å². The van der Waals surface area contributed by atoms with Crippen LogP contribution in [-0.2, 0) is 0 Å². The molecular formula is C13H20ClNO3. The van der Waals surface area contributed by atoms with Crippen LogP contribution in [0.4, 0.5) is 0 Å². The van der Waals surface area contributed by atoms with Gasteiger partial charge < -0.3 is 19.9 Å². The first-order valence-electron chi connectivity index (χ1n) is 5.90. The maximum absolute atomic E-state index is 6.21. The van der Waals surface area contributed by atoms with Crippen LogP contribution >= 0.6 is 12.4 Å². The third-order valence-electron chi connectivity index (χ3n) is 3.32. The molecule has 1 heterocycles. The molecule has 5 heteroatoms. The Kier molecular flexibility index (Phi) is 5.11. The van der Waals surface area contributed by atoms with Gasteiger partial charge in [-0.2, -0.15) is 0 Å². The fraction of sp³-hybridized carbons (Fsp3) is 0.538. The topological polar surface area (TPSA) is 53.7 Å². The average Bonchev–Trinajstić information content (AvgIpc) is 2.83. The van der Waals surface area contributed by atoms with Gasteiger partial charge in [-0.3, -0.25) is 0 Å². The van der Waals surface area contributed by atoms with E-state index >= 15 is 0 Å². The molecular weight excluding hydrogens is 254 g/mol. The van der Waals surface area contributed by atoms with E-state index in [1.54, 1.807) is 7.11 Å². The molecule has 0 aromatic heterocycles. The number of rotatable bonds is 4. The molecule has 2 rings (SSSR count). The summed E-state index contributed by atoms with van der Waals surface area (Å²) in [5.41, 5.74) is 7.24. The molecule has 1 aliphatic heterocycles. The van der Waals surface area contributed by atoms with Crippen LogP contribution in [0, 0.1) is 5.92 Å². The van der Waals surface area contributed by atoms with Crippen LogP contribution in [0.25, 0.3) is 0 Å². The highest BCUT2D eigenvalue weighted by atomic mass is 35.5. The van der Waals surface area contributed by atoms with E-state index in [-0.39, 0.29) is 25.2 Å². The Balaban J connectivity index is 0.00000162. The maximum Gasteiger partial charge on any atom is 0.231 e. The van der Waals surface area contributed by atoms with E-state index in [1.165, 1.54) is 0 Å². The second-order valence-electron chi connectivity index (χ2n) is 4.37. The molecule has 1 aromatic rings. The first kappa shape index (κ1) is 14.9. The van der Waals surface area contributed by atoms with Crippen molar-refractivity contribution >= 4 is 12.4 Å². The third kappa shape index (κ3) is 2.65. The van der Waals surface area contributed by atoms with Gasteiger partial charge >= 0.3 is 0 Å². The lowest BCUT2D eigenvalue weighted by Gasteiger charge is -2.19. The quantitative estimate of drug-likeness (QED) is 0.916. The molecule has 2 atom stereocenters. The molecule has 0 aliphatic carbocycles. The summed E-state index contributed by atoms with van der Waals surface area (Å²) in [6.07, 6.45) is 1.04. The van der Waals surface area contributed by atoms with E-state index in [0.717, 1.165) is 17.7 Å². The Morgan fingerprint density at radius 1 is 1.39 bits per heavy atom. The van der Waals surface area contributed by atoms with Crippen LogP contribution in [0.5, 0.6) is 17.2 Å². The van der Waals surface area contributed by atoms with Crippen LogP contribution in [0.3, 0.4) is 0 Å². The average molecular weight is 274 g/mol.